The molecule has 1 saturated heterocycles. The van der Waals surface area contributed by atoms with E-state index >= 15 is 0 Å². The molecule has 1 fully saturated rings. The molecule has 0 bridgehead atoms. The van der Waals surface area contributed by atoms with Gasteiger partial charge in [0.25, 0.3) is 0 Å². The average molecular weight is 310 g/mol. The van der Waals surface area contributed by atoms with Gasteiger partial charge in [-0.05, 0) is 42.5 Å². The molecule has 1 aromatic carbocycles. The van der Waals surface area contributed by atoms with Gasteiger partial charge in [-0.3, -0.25) is 0 Å². The van der Waals surface area contributed by atoms with Crippen LogP contribution in [0.25, 0.3) is 0 Å². The normalized spacial score (nSPS) is 22.9. The standard InChI is InChI=1S/C15H22N2O3S/c1-11-8-12(2)10-17(9-11)15(18)16-13-4-6-14(7-5-13)21(3,19)20/h4-7,11-12H,8-10H2,1-3H3,(H,16,18). The molecular formula is C15H22N2O3S. The number of hydrogen-bond donors (Lipinski definition) is 1. The van der Waals surface area contributed by atoms with Crippen LogP contribution in [0.15, 0.2) is 29.2 Å². The van der Waals surface area contributed by atoms with E-state index in [4.69, 9.17) is 0 Å². The SMILES string of the molecule is CC1CC(C)CN(C(=O)Nc2ccc(S(C)(=O)=O)cc2)C1. The molecule has 2 unspecified atom stereocenters. The van der Waals surface area contributed by atoms with Gasteiger partial charge in [-0.15, -0.1) is 0 Å². The summed E-state index contributed by atoms with van der Waals surface area (Å²) in [6, 6.07) is 6.12. The number of amides is 2. The number of rotatable bonds is 2. The van der Waals surface area contributed by atoms with Crippen LogP contribution in [0.1, 0.15) is 20.3 Å². The smallest absolute Gasteiger partial charge is 0.321 e. The van der Waals surface area contributed by atoms with Crippen molar-refractivity contribution in [3.8, 4) is 0 Å². The minimum absolute atomic E-state index is 0.125. The first-order valence-electron chi connectivity index (χ1n) is 7.11. The molecule has 1 aliphatic rings. The number of sulfone groups is 1. The summed E-state index contributed by atoms with van der Waals surface area (Å²) < 4.78 is 22.8. The second-order valence-electron chi connectivity index (χ2n) is 6.08. The Labute approximate surface area is 126 Å². The van der Waals surface area contributed by atoms with E-state index in [1.807, 2.05) is 4.90 Å². The van der Waals surface area contributed by atoms with Crippen molar-refractivity contribution < 1.29 is 13.2 Å². The Morgan fingerprint density at radius 2 is 1.67 bits per heavy atom. The topological polar surface area (TPSA) is 66.5 Å². The van der Waals surface area contributed by atoms with Crippen LogP contribution in [0.4, 0.5) is 10.5 Å². The molecule has 2 rings (SSSR count). The molecule has 0 aromatic heterocycles. The van der Waals surface area contributed by atoms with Crippen molar-refractivity contribution in [1.29, 1.82) is 0 Å². The Balaban J connectivity index is 2.03. The van der Waals surface area contributed by atoms with Crippen molar-refractivity contribution in [3.63, 3.8) is 0 Å². The van der Waals surface area contributed by atoms with Crippen molar-refractivity contribution in [2.24, 2.45) is 11.8 Å². The zero-order valence-electron chi connectivity index (χ0n) is 12.7. The van der Waals surface area contributed by atoms with Gasteiger partial charge >= 0.3 is 6.03 Å². The maximum absolute atomic E-state index is 12.2. The molecule has 0 aliphatic carbocycles. The van der Waals surface area contributed by atoms with Crippen molar-refractivity contribution in [2.45, 2.75) is 25.2 Å². The molecule has 21 heavy (non-hydrogen) atoms. The number of benzene rings is 1. The van der Waals surface area contributed by atoms with Gasteiger partial charge in [-0.25, -0.2) is 13.2 Å². The monoisotopic (exact) mass is 310 g/mol. The van der Waals surface area contributed by atoms with Crippen LogP contribution in [-0.2, 0) is 9.84 Å². The van der Waals surface area contributed by atoms with Crippen molar-refractivity contribution in [3.05, 3.63) is 24.3 Å². The molecular weight excluding hydrogens is 288 g/mol. The van der Waals surface area contributed by atoms with Gasteiger partial charge in [-0.1, -0.05) is 13.8 Å². The predicted molar refractivity (Wildman–Crippen MR) is 83.1 cm³/mol. The number of urea groups is 1. The maximum atomic E-state index is 12.2. The van der Waals surface area contributed by atoms with Gasteiger partial charge < -0.3 is 10.2 Å². The number of carbonyl (C=O) groups excluding carboxylic acids is 1. The maximum Gasteiger partial charge on any atom is 0.321 e. The number of likely N-dealkylation sites (tertiary alicyclic amines) is 1. The Hall–Kier alpha value is -1.56. The zero-order valence-corrected chi connectivity index (χ0v) is 13.5. The number of carbonyl (C=O) groups is 1. The van der Waals surface area contributed by atoms with E-state index in [9.17, 15) is 13.2 Å². The summed E-state index contributed by atoms with van der Waals surface area (Å²) in [5.41, 5.74) is 0.610. The summed E-state index contributed by atoms with van der Waals surface area (Å²) in [5, 5.41) is 2.82. The Kier molecular flexibility index (Phi) is 4.56. The summed E-state index contributed by atoms with van der Waals surface area (Å²) in [6.07, 6.45) is 2.31. The van der Waals surface area contributed by atoms with Crippen LogP contribution in [0.5, 0.6) is 0 Å². The van der Waals surface area contributed by atoms with Crippen LogP contribution >= 0.6 is 0 Å². The van der Waals surface area contributed by atoms with Gasteiger partial charge in [0.05, 0.1) is 4.90 Å². The predicted octanol–water partition coefficient (Wildman–Crippen LogP) is 2.60. The molecule has 1 heterocycles. The Morgan fingerprint density at radius 1 is 1.14 bits per heavy atom. The molecule has 0 spiro atoms. The summed E-state index contributed by atoms with van der Waals surface area (Å²) in [6.45, 7) is 5.82. The first-order chi connectivity index (χ1) is 9.75. The van der Waals surface area contributed by atoms with Crippen LogP contribution < -0.4 is 5.32 Å². The lowest BCUT2D eigenvalue weighted by atomic mass is 9.92. The van der Waals surface area contributed by atoms with Gasteiger partial charge in [0.2, 0.25) is 0 Å². The second kappa shape index (κ2) is 6.05. The van der Waals surface area contributed by atoms with Crippen LogP contribution in [0.3, 0.4) is 0 Å². The third kappa shape index (κ3) is 4.20. The van der Waals surface area contributed by atoms with E-state index in [1.165, 1.54) is 12.1 Å². The van der Waals surface area contributed by atoms with Crippen LogP contribution in [-0.4, -0.2) is 38.7 Å². The van der Waals surface area contributed by atoms with Crippen LogP contribution in [0, 0.1) is 11.8 Å². The lowest BCUT2D eigenvalue weighted by Gasteiger charge is -2.34. The third-order valence-corrected chi connectivity index (χ3v) is 4.82. The number of nitrogens with one attached hydrogen (secondary N) is 1. The van der Waals surface area contributed by atoms with E-state index in [-0.39, 0.29) is 10.9 Å². The summed E-state index contributed by atoms with van der Waals surface area (Å²) in [5.74, 6) is 1.01. The minimum atomic E-state index is -3.21. The average Bonchev–Trinajstić information content (AvgIpc) is 2.37. The number of piperidine rings is 1. The highest BCUT2D eigenvalue weighted by atomic mass is 32.2. The molecule has 116 valence electrons. The van der Waals surface area contributed by atoms with Crippen LogP contribution in [0.2, 0.25) is 0 Å². The summed E-state index contributed by atoms with van der Waals surface area (Å²) >= 11 is 0. The van der Waals surface area contributed by atoms with E-state index in [0.29, 0.717) is 17.5 Å². The highest BCUT2D eigenvalue weighted by Crippen LogP contribution is 2.22. The summed E-state index contributed by atoms with van der Waals surface area (Å²) in [7, 11) is -3.21. The van der Waals surface area contributed by atoms with Crippen molar-refractivity contribution in [2.75, 3.05) is 24.7 Å². The highest BCUT2D eigenvalue weighted by Gasteiger charge is 2.25. The van der Waals surface area contributed by atoms with E-state index in [1.54, 1.807) is 12.1 Å². The molecule has 6 heteroatoms. The van der Waals surface area contributed by atoms with E-state index in [0.717, 1.165) is 25.8 Å². The fourth-order valence-corrected chi connectivity index (χ4v) is 3.45. The molecule has 0 radical (unpaired) electrons. The largest absolute Gasteiger partial charge is 0.324 e. The molecule has 1 N–H and O–H groups in total. The lowest BCUT2D eigenvalue weighted by Crippen LogP contribution is -2.44. The number of nitrogens with zero attached hydrogens (tertiary/aromatic N) is 1. The molecule has 2 atom stereocenters. The second-order valence-corrected chi connectivity index (χ2v) is 8.09. The summed E-state index contributed by atoms with van der Waals surface area (Å²) in [4.78, 5) is 14.3. The van der Waals surface area contributed by atoms with Crippen molar-refractivity contribution >= 4 is 21.6 Å². The first-order valence-corrected chi connectivity index (χ1v) is 9.01. The third-order valence-electron chi connectivity index (χ3n) is 3.69. The minimum Gasteiger partial charge on any atom is -0.324 e. The molecule has 0 saturated carbocycles. The van der Waals surface area contributed by atoms with E-state index in [2.05, 4.69) is 19.2 Å². The fraction of sp³-hybridized carbons (Fsp3) is 0.533. The van der Waals surface area contributed by atoms with Gasteiger partial charge in [0.1, 0.15) is 0 Å². The van der Waals surface area contributed by atoms with Crippen molar-refractivity contribution in [1.82, 2.24) is 4.90 Å². The van der Waals surface area contributed by atoms with Gasteiger partial charge in [0.15, 0.2) is 9.84 Å². The zero-order chi connectivity index (χ0) is 15.6. The highest BCUT2D eigenvalue weighted by molar-refractivity contribution is 7.90. The number of hydrogen-bond acceptors (Lipinski definition) is 3. The lowest BCUT2D eigenvalue weighted by molar-refractivity contribution is 0.156. The van der Waals surface area contributed by atoms with Gasteiger partial charge in [0, 0.05) is 25.0 Å². The first kappa shape index (κ1) is 15.8. The van der Waals surface area contributed by atoms with E-state index < -0.39 is 9.84 Å². The molecule has 5 nitrogen and oxygen atoms in total. The molecule has 1 aliphatic heterocycles. The van der Waals surface area contributed by atoms with Gasteiger partial charge in [-0.2, -0.15) is 0 Å². The fourth-order valence-electron chi connectivity index (χ4n) is 2.82. The quantitative estimate of drug-likeness (QED) is 0.913. The Morgan fingerprint density at radius 3 is 2.14 bits per heavy atom. The molecule has 1 aromatic rings. The molecule has 2 amide bonds. The Bertz CT molecular complexity index is 600. The number of anilines is 1.